The van der Waals surface area contributed by atoms with Gasteiger partial charge in [-0.1, -0.05) is 19.1 Å². The molecule has 4 rings (SSSR count). The highest BCUT2D eigenvalue weighted by Gasteiger charge is 2.26. The molecule has 9 heteroatoms. The minimum Gasteiger partial charge on any atom is -0.493 e. The predicted octanol–water partition coefficient (Wildman–Crippen LogP) is 7.09. The monoisotopic (exact) mass is 497 g/mol. The predicted molar refractivity (Wildman–Crippen MR) is 133 cm³/mol. The molecular formula is C27H26F3N3O3. The van der Waals surface area contributed by atoms with E-state index in [0.717, 1.165) is 11.3 Å². The van der Waals surface area contributed by atoms with Crippen molar-refractivity contribution in [1.82, 2.24) is 9.55 Å². The van der Waals surface area contributed by atoms with E-state index >= 15 is 0 Å². The number of aromatic nitrogens is 2. The molecule has 1 N–H and O–H groups in total. The van der Waals surface area contributed by atoms with Crippen molar-refractivity contribution in [2.75, 3.05) is 19.0 Å². The molecule has 6 nitrogen and oxygen atoms in total. The van der Waals surface area contributed by atoms with Crippen LogP contribution in [-0.2, 0) is 0 Å². The van der Waals surface area contributed by atoms with Crippen LogP contribution in [0.2, 0.25) is 0 Å². The van der Waals surface area contributed by atoms with Crippen molar-refractivity contribution in [3.63, 3.8) is 0 Å². The SMILES string of the molecule is CCC(=O)c1ccc(-n2cnc3c(NCCC(F)(F)F)cc(Oc4ccccc4OC)cc32)cc1C. The van der Waals surface area contributed by atoms with Gasteiger partial charge in [0, 0.05) is 36.3 Å². The molecule has 0 unspecified atom stereocenters. The van der Waals surface area contributed by atoms with E-state index in [4.69, 9.17) is 9.47 Å². The first kappa shape index (κ1) is 25.1. The fraction of sp³-hybridized carbons (Fsp3) is 0.259. The highest BCUT2D eigenvalue weighted by molar-refractivity contribution is 5.97. The summed E-state index contributed by atoms with van der Waals surface area (Å²) in [6.45, 7) is 3.37. The summed E-state index contributed by atoms with van der Waals surface area (Å²) in [6.07, 6.45) is -3.27. The fourth-order valence-corrected chi connectivity index (χ4v) is 3.96. The summed E-state index contributed by atoms with van der Waals surface area (Å²) >= 11 is 0. The van der Waals surface area contributed by atoms with Gasteiger partial charge in [-0.3, -0.25) is 9.36 Å². The molecule has 1 heterocycles. The number of benzene rings is 3. The number of carbonyl (C=O) groups excluding carboxylic acids is 1. The number of hydrogen-bond acceptors (Lipinski definition) is 5. The van der Waals surface area contributed by atoms with Crippen molar-refractivity contribution in [2.45, 2.75) is 32.9 Å². The molecule has 0 aliphatic carbocycles. The molecule has 3 aromatic carbocycles. The number of anilines is 1. The summed E-state index contributed by atoms with van der Waals surface area (Å²) in [5.74, 6) is 1.44. The van der Waals surface area contributed by atoms with Crippen LogP contribution in [0, 0.1) is 6.92 Å². The number of para-hydroxylation sites is 2. The molecule has 0 saturated carbocycles. The lowest BCUT2D eigenvalue weighted by atomic mass is 10.0. The summed E-state index contributed by atoms with van der Waals surface area (Å²) in [5.41, 5.74) is 3.78. The van der Waals surface area contributed by atoms with Crippen molar-refractivity contribution in [3.8, 4) is 22.9 Å². The third kappa shape index (κ3) is 5.45. The number of ether oxygens (including phenoxy) is 2. The molecule has 0 fully saturated rings. The molecule has 0 atom stereocenters. The zero-order valence-electron chi connectivity index (χ0n) is 20.1. The van der Waals surface area contributed by atoms with Crippen molar-refractivity contribution >= 4 is 22.5 Å². The first-order valence-corrected chi connectivity index (χ1v) is 11.5. The van der Waals surface area contributed by atoms with E-state index < -0.39 is 12.6 Å². The van der Waals surface area contributed by atoms with Gasteiger partial charge in [-0.05, 0) is 42.8 Å². The van der Waals surface area contributed by atoms with Gasteiger partial charge in [-0.2, -0.15) is 13.2 Å². The molecule has 0 amide bonds. The average Bonchev–Trinajstić information content (AvgIpc) is 3.27. The van der Waals surface area contributed by atoms with Crippen LogP contribution in [0.5, 0.6) is 17.2 Å². The summed E-state index contributed by atoms with van der Waals surface area (Å²) in [7, 11) is 1.53. The Labute approximate surface area is 206 Å². The number of nitrogens with zero attached hydrogens (tertiary/aromatic N) is 2. The van der Waals surface area contributed by atoms with Gasteiger partial charge in [-0.25, -0.2) is 4.98 Å². The Kier molecular flexibility index (Phi) is 7.19. The lowest BCUT2D eigenvalue weighted by Crippen LogP contribution is -2.14. The lowest BCUT2D eigenvalue weighted by Gasteiger charge is -2.14. The first-order valence-electron chi connectivity index (χ1n) is 11.5. The number of nitrogens with one attached hydrogen (secondary N) is 1. The first-order chi connectivity index (χ1) is 17.2. The molecule has 0 radical (unpaired) electrons. The molecule has 0 saturated heterocycles. The normalized spacial score (nSPS) is 11.5. The maximum absolute atomic E-state index is 12.8. The van der Waals surface area contributed by atoms with E-state index in [1.165, 1.54) is 7.11 Å². The zero-order valence-corrected chi connectivity index (χ0v) is 20.1. The third-order valence-electron chi connectivity index (χ3n) is 5.76. The summed E-state index contributed by atoms with van der Waals surface area (Å²) in [4.78, 5) is 16.7. The number of Topliss-reactive ketones (excluding diaryl/α,β-unsaturated/α-hetero) is 1. The van der Waals surface area contributed by atoms with E-state index in [-0.39, 0.29) is 12.3 Å². The van der Waals surface area contributed by atoms with Crippen LogP contribution in [0.3, 0.4) is 0 Å². The minimum absolute atomic E-state index is 0.0539. The van der Waals surface area contributed by atoms with Gasteiger partial charge in [0.05, 0.1) is 24.7 Å². The standard InChI is InChI=1S/C27H26F3N3O3/c1-4-23(34)20-10-9-18(13-17(20)2)33-16-32-26-21(31-12-11-27(28,29)30)14-19(15-22(26)33)36-25-8-6-5-7-24(25)35-3/h5-10,13-16,31H,4,11-12H2,1-3H3. The van der Waals surface area contributed by atoms with Crippen LogP contribution in [0.1, 0.15) is 35.7 Å². The Hall–Kier alpha value is -4.01. The zero-order chi connectivity index (χ0) is 25.9. The van der Waals surface area contributed by atoms with Gasteiger partial charge in [0.1, 0.15) is 17.6 Å². The Balaban J connectivity index is 1.78. The number of hydrogen-bond donors (Lipinski definition) is 1. The quantitative estimate of drug-likeness (QED) is 0.250. The highest BCUT2D eigenvalue weighted by Crippen LogP contribution is 2.36. The lowest BCUT2D eigenvalue weighted by molar-refractivity contribution is -0.131. The van der Waals surface area contributed by atoms with Crippen LogP contribution < -0.4 is 14.8 Å². The molecule has 0 spiro atoms. The van der Waals surface area contributed by atoms with Gasteiger partial charge in [-0.15, -0.1) is 0 Å². The molecule has 4 aromatic rings. The van der Waals surface area contributed by atoms with Crippen LogP contribution in [-0.4, -0.2) is 35.2 Å². The molecule has 0 aliphatic heterocycles. The molecular weight excluding hydrogens is 471 g/mol. The maximum atomic E-state index is 12.8. The largest absolute Gasteiger partial charge is 0.493 e. The molecule has 1 aromatic heterocycles. The van der Waals surface area contributed by atoms with E-state index in [1.807, 2.05) is 36.6 Å². The maximum Gasteiger partial charge on any atom is 0.390 e. The van der Waals surface area contributed by atoms with E-state index in [2.05, 4.69) is 10.3 Å². The second-order valence-electron chi connectivity index (χ2n) is 8.27. The van der Waals surface area contributed by atoms with Crippen LogP contribution >= 0.6 is 0 Å². The number of ketones is 1. The van der Waals surface area contributed by atoms with Gasteiger partial charge in [0.15, 0.2) is 17.3 Å². The van der Waals surface area contributed by atoms with Crippen LogP contribution in [0.4, 0.5) is 18.9 Å². The summed E-state index contributed by atoms with van der Waals surface area (Å²) in [6, 6.07) is 16.0. The number of alkyl halides is 3. The highest BCUT2D eigenvalue weighted by atomic mass is 19.4. The summed E-state index contributed by atoms with van der Waals surface area (Å²) < 4.78 is 51.6. The van der Waals surface area contributed by atoms with E-state index in [0.29, 0.717) is 46.0 Å². The number of fused-ring (bicyclic) bond motifs is 1. The average molecular weight is 498 g/mol. The number of methoxy groups -OCH3 is 1. The Bertz CT molecular complexity index is 1400. The van der Waals surface area contributed by atoms with Gasteiger partial charge >= 0.3 is 6.18 Å². The number of imidazole rings is 1. The van der Waals surface area contributed by atoms with Gasteiger partial charge in [0.25, 0.3) is 0 Å². The summed E-state index contributed by atoms with van der Waals surface area (Å²) in [5, 5.41) is 2.86. The molecule has 188 valence electrons. The number of rotatable bonds is 9. The molecule has 0 aliphatic rings. The number of carbonyl (C=O) groups is 1. The van der Waals surface area contributed by atoms with Crippen LogP contribution in [0.25, 0.3) is 16.7 Å². The Morgan fingerprint density at radius 2 is 1.83 bits per heavy atom. The Morgan fingerprint density at radius 3 is 2.50 bits per heavy atom. The van der Waals surface area contributed by atoms with Crippen molar-refractivity contribution in [1.29, 1.82) is 0 Å². The molecule has 0 bridgehead atoms. The Morgan fingerprint density at radius 1 is 1.08 bits per heavy atom. The van der Waals surface area contributed by atoms with E-state index in [1.54, 1.807) is 42.7 Å². The smallest absolute Gasteiger partial charge is 0.390 e. The number of aryl methyl sites for hydroxylation is 1. The number of halogens is 3. The second-order valence-corrected chi connectivity index (χ2v) is 8.27. The van der Waals surface area contributed by atoms with Crippen molar-refractivity contribution in [3.05, 3.63) is 72.1 Å². The topological polar surface area (TPSA) is 65.4 Å². The third-order valence-corrected chi connectivity index (χ3v) is 5.76. The fourth-order valence-electron chi connectivity index (χ4n) is 3.96. The molecule has 36 heavy (non-hydrogen) atoms. The van der Waals surface area contributed by atoms with Crippen molar-refractivity contribution < 1.29 is 27.4 Å². The van der Waals surface area contributed by atoms with Crippen LogP contribution in [0.15, 0.2) is 60.9 Å². The minimum atomic E-state index is -4.29. The second kappa shape index (κ2) is 10.3. The van der Waals surface area contributed by atoms with E-state index in [9.17, 15) is 18.0 Å². The van der Waals surface area contributed by atoms with Gasteiger partial charge < -0.3 is 14.8 Å². The van der Waals surface area contributed by atoms with Crippen molar-refractivity contribution in [2.24, 2.45) is 0 Å². The van der Waals surface area contributed by atoms with Gasteiger partial charge in [0.2, 0.25) is 0 Å².